The number of fused-ring (bicyclic) bond motifs is 1. The van der Waals surface area contributed by atoms with Crippen LogP contribution in [0.1, 0.15) is 17.3 Å². The summed E-state index contributed by atoms with van der Waals surface area (Å²) in [6, 6.07) is 5.06. The number of ketones is 1. The number of Topliss-reactive ketones (excluding diaryl/α,β-unsaturated/α-hetero) is 1. The van der Waals surface area contributed by atoms with E-state index in [-0.39, 0.29) is 11.3 Å². The zero-order valence-corrected chi connectivity index (χ0v) is 7.05. The number of nitrogens with one attached hydrogen (secondary N) is 2. The molecule has 0 fully saturated rings. The van der Waals surface area contributed by atoms with Gasteiger partial charge in [0.15, 0.2) is 5.78 Å². The molecule has 0 aliphatic rings. The Morgan fingerprint density at radius 3 is 2.77 bits per heavy atom. The Balaban J connectivity index is 2.92. The molecule has 0 saturated carbocycles. The Hall–Kier alpha value is -1.84. The van der Waals surface area contributed by atoms with Crippen molar-refractivity contribution in [3.05, 3.63) is 34.1 Å². The maximum Gasteiger partial charge on any atom is 0.271 e. The Morgan fingerprint density at radius 2 is 2.08 bits per heavy atom. The van der Waals surface area contributed by atoms with E-state index in [0.29, 0.717) is 16.5 Å². The van der Waals surface area contributed by atoms with E-state index in [1.54, 1.807) is 18.2 Å². The molecule has 4 heteroatoms. The first kappa shape index (κ1) is 7.79. The van der Waals surface area contributed by atoms with Gasteiger partial charge in [-0.15, -0.1) is 0 Å². The largest absolute Gasteiger partial charge is 0.297 e. The Kier molecular flexibility index (Phi) is 1.55. The molecule has 2 aromatic rings. The normalized spacial score (nSPS) is 10.5. The number of para-hydroxylation sites is 1. The van der Waals surface area contributed by atoms with Crippen molar-refractivity contribution in [1.82, 2.24) is 10.2 Å². The molecule has 2 rings (SSSR count). The quantitative estimate of drug-likeness (QED) is 0.638. The van der Waals surface area contributed by atoms with Crippen molar-refractivity contribution in [2.24, 2.45) is 0 Å². The lowest BCUT2D eigenvalue weighted by atomic mass is 10.1. The highest BCUT2D eigenvalue weighted by Crippen LogP contribution is 2.12. The summed E-state index contributed by atoms with van der Waals surface area (Å²) in [6.07, 6.45) is 0. The zero-order valence-electron chi connectivity index (χ0n) is 7.05. The fraction of sp³-hybridized carbons (Fsp3) is 0.111. The van der Waals surface area contributed by atoms with E-state index in [4.69, 9.17) is 0 Å². The summed E-state index contributed by atoms with van der Waals surface area (Å²) < 4.78 is 0. The predicted molar refractivity (Wildman–Crippen MR) is 48.9 cm³/mol. The maximum atomic E-state index is 11.2. The molecule has 0 unspecified atom stereocenters. The minimum atomic E-state index is -0.196. The number of H-pyrrole nitrogens is 2. The average Bonchev–Trinajstić information content (AvgIpc) is 2.48. The van der Waals surface area contributed by atoms with Crippen LogP contribution in [-0.4, -0.2) is 16.0 Å². The van der Waals surface area contributed by atoms with Gasteiger partial charge >= 0.3 is 0 Å². The highest BCUT2D eigenvalue weighted by molar-refractivity contribution is 6.05. The van der Waals surface area contributed by atoms with Crippen molar-refractivity contribution < 1.29 is 4.79 Å². The van der Waals surface area contributed by atoms with E-state index < -0.39 is 0 Å². The molecule has 66 valence electrons. The molecule has 0 amide bonds. The first-order valence-corrected chi connectivity index (χ1v) is 3.90. The second kappa shape index (κ2) is 2.58. The van der Waals surface area contributed by atoms with Crippen LogP contribution in [0.25, 0.3) is 10.9 Å². The van der Waals surface area contributed by atoms with E-state index in [2.05, 4.69) is 10.2 Å². The summed E-state index contributed by atoms with van der Waals surface area (Å²) in [5, 5.41) is 5.64. The van der Waals surface area contributed by atoms with Gasteiger partial charge in [0.05, 0.1) is 10.9 Å². The van der Waals surface area contributed by atoms with Crippen LogP contribution in [-0.2, 0) is 0 Å². The van der Waals surface area contributed by atoms with Crippen LogP contribution in [0.5, 0.6) is 0 Å². The van der Waals surface area contributed by atoms with Crippen molar-refractivity contribution in [1.29, 1.82) is 0 Å². The molecule has 2 N–H and O–H groups in total. The minimum absolute atomic E-state index is 0.0548. The van der Waals surface area contributed by atoms with Gasteiger partial charge in [-0.2, -0.15) is 0 Å². The molecule has 13 heavy (non-hydrogen) atoms. The number of hydrogen-bond acceptors (Lipinski definition) is 2. The van der Waals surface area contributed by atoms with Crippen LogP contribution in [0.15, 0.2) is 23.0 Å². The fourth-order valence-electron chi connectivity index (χ4n) is 1.36. The fourth-order valence-corrected chi connectivity index (χ4v) is 1.36. The summed E-state index contributed by atoms with van der Waals surface area (Å²) in [6.45, 7) is 1.47. The van der Waals surface area contributed by atoms with E-state index in [1.807, 2.05) is 0 Å². The van der Waals surface area contributed by atoms with Gasteiger partial charge in [-0.05, 0) is 19.1 Å². The molecule has 1 heterocycles. The van der Waals surface area contributed by atoms with Crippen molar-refractivity contribution in [3.63, 3.8) is 0 Å². The van der Waals surface area contributed by atoms with Gasteiger partial charge in [0, 0.05) is 5.56 Å². The standard InChI is InChI=1S/C9H8N2O2/c1-5(12)6-3-2-4-7-8(6)10-11-9(7)13/h2-4H,1H3,(H2,10,11,13). The molecule has 0 bridgehead atoms. The summed E-state index contributed by atoms with van der Waals surface area (Å²) in [4.78, 5) is 22.3. The number of carbonyl (C=O) groups excluding carboxylic acids is 1. The van der Waals surface area contributed by atoms with Crippen LogP contribution in [0.2, 0.25) is 0 Å². The highest BCUT2D eigenvalue weighted by atomic mass is 16.1. The van der Waals surface area contributed by atoms with Crippen molar-refractivity contribution in [2.45, 2.75) is 6.92 Å². The number of aromatic amines is 2. The molecule has 0 atom stereocenters. The van der Waals surface area contributed by atoms with Gasteiger partial charge in [0.2, 0.25) is 0 Å². The van der Waals surface area contributed by atoms with E-state index in [0.717, 1.165) is 0 Å². The molecular formula is C9H8N2O2. The topological polar surface area (TPSA) is 65.7 Å². The van der Waals surface area contributed by atoms with E-state index in [9.17, 15) is 9.59 Å². The van der Waals surface area contributed by atoms with Gasteiger partial charge in [-0.1, -0.05) is 6.07 Å². The molecule has 1 aromatic heterocycles. The van der Waals surface area contributed by atoms with Crippen LogP contribution in [0.4, 0.5) is 0 Å². The van der Waals surface area contributed by atoms with Crippen LogP contribution >= 0.6 is 0 Å². The third-order valence-electron chi connectivity index (χ3n) is 1.99. The lowest BCUT2D eigenvalue weighted by Crippen LogP contribution is -1.97. The van der Waals surface area contributed by atoms with Crippen LogP contribution < -0.4 is 5.56 Å². The highest BCUT2D eigenvalue weighted by Gasteiger charge is 2.07. The van der Waals surface area contributed by atoms with Gasteiger partial charge < -0.3 is 0 Å². The zero-order chi connectivity index (χ0) is 9.42. The summed E-state index contributed by atoms with van der Waals surface area (Å²) in [5.74, 6) is -0.0548. The smallest absolute Gasteiger partial charge is 0.271 e. The van der Waals surface area contributed by atoms with Gasteiger partial charge in [0.25, 0.3) is 5.56 Å². The molecule has 1 aromatic carbocycles. The molecular weight excluding hydrogens is 168 g/mol. The second-order valence-electron chi connectivity index (χ2n) is 2.86. The number of rotatable bonds is 1. The Bertz CT molecular complexity index is 522. The number of aromatic nitrogens is 2. The molecule has 0 spiro atoms. The molecule has 0 aliphatic heterocycles. The first-order chi connectivity index (χ1) is 6.20. The predicted octanol–water partition coefficient (Wildman–Crippen LogP) is 1.06. The molecule has 0 saturated heterocycles. The Morgan fingerprint density at radius 1 is 1.31 bits per heavy atom. The van der Waals surface area contributed by atoms with Gasteiger partial charge in [-0.25, -0.2) is 0 Å². The third kappa shape index (κ3) is 1.07. The number of hydrogen-bond donors (Lipinski definition) is 2. The van der Waals surface area contributed by atoms with E-state index in [1.165, 1.54) is 6.92 Å². The number of benzene rings is 1. The molecule has 4 nitrogen and oxygen atoms in total. The summed E-state index contributed by atoms with van der Waals surface area (Å²) in [5.41, 5.74) is 0.925. The van der Waals surface area contributed by atoms with Crippen molar-refractivity contribution >= 4 is 16.7 Å². The molecule has 0 aliphatic carbocycles. The molecule has 0 radical (unpaired) electrons. The average molecular weight is 176 g/mol. The Labute approximate surface area is 73.6 Å². The maximum absolute atomic E-state index is 11.2. The van der Waals surface area contributed by atoms with Gasteiger partial charge in [-0.3, -0.25) is 19.8 Å². The lowest BCUT2D eigenvalue weighted by Gasteiger charge is -1.95. The van der Waals surface area contributed by atoms with Crippen molar-refractivity contribution in [2.75, 3.05) is 0 Å². The summed E-state index contributed by atoms with van der Waals surface area (Å²) in [7, 11) is 0. The van der Waals surface area contributed by atoms with E-state index >= 15 is 0 Å². The monoisotopic (exact) mass is 176 g/mol. The van der Waals surface area contributed by atoms with Crippen LogP contribution in [0, 0.1) is 0 Å². The lowest BCUT2D eigenvalue weighted by molar-refractivity contribution is 0.101. The number of carbonyl (C=O) groups is 1. The minimum Gasteiger partial charge on any atom is -0.297 e. The first-order valence-electron chi connectivity index (χ1n) is 3.90. The SMILES string of the molecule is CC(=O)c1cccc2c(=O)[nH][nH]c12. The summed E-state index contributed by atoms with van der Waals surface area (Å²) >= 11 is 0. The third-order valence-corrected chi connectivity index (χ3v) is 1.99. The van der Waals surface area contributed by atoms with Crippen LogP contribution in [0.3, 0.4) is 0 Å². The van der Waals surface area contributed by atoms with Gasteiger partial charge in [0.1, 0.15) is 0 Å². The second-order valence-corrected chi connectivity index (χ2v) is 2.86. The van der Waals surface area contributed by atoms with Crippen molar-refractivity contribution in [3.8, 4) is 0 Å².